The highest BCUT2D eigenvalue weighted by Crippen LogP contribution is 2.26. The van der Waals surface area contributed by atoms with Gasteiger partial charge in [0.05, 0.1) is 11.0 Å². The van der Waals surface area contributed by atoms with Crippen LogP contribution in [-0.4, -0.2) is 22.0 Å². The van der Waals surface area contributed by atoms with Crippen molar-refractivity contribution in [2.45, 2.75) is 44.9 Å². The van der Waals surface area contributed by atoms with E-state index < -0.39 is 0 Å². The Balaban J connectivity index is 1.49. The Labute approximate surface area is 131 Å². The van der Waals surface area contributed by atoms with Gasteiger partial charge >= 0.3 is 0 Å². The summed E-state index contributed by atoms with van der Waals surface area (Å²) >= 11 is 0. The second kappa shape index (κ2) is 6.95. The third kappa shape index (κ3) is 3.49. The molecule has 1 fully saturated rings. The topological polar surface area (TPSA) is 46.9 Å². The van der Waals surface area contributed by atoms with Gasteiger partial charge in [0.15, 0.2) is 0 Å². The van der Waals surface area contributed by atoms with E-state index in [0.29, 0.717) is 18.9 Å². The first-order valence-electron chi connectivity index (χ1n) is 8.41. The first kappa shape index (κ1) is 15.1. The molecule has 118 valence electrons. The fraction of sp³-hybridized carbons (Fsp3) is 0.556. The third-order valence-corrected chi connectivity index (χ3v) is 4.75. The van der Waals surface area contributed by atoms with Gasteiger partial charge in [-0.05, 0) is 30.9 Å². The van der Waals surface area contributed by atoms with Gasteiger partial charge in [0.1, 0.15) is 5.82 Å². The predicted molar refractivity (Wildman–Crippen MR) is 88.6 cm³/mol. The molecule has 0 radical (unpaired) electrons. The van der Waals surface area contributed by atoms with Crippen LogP contribution < -0.4 is 5.32 Å². The number of hydrogen-bond donors (Lipinski definition) is 1. The van der Waals surface area contributed by atoms with Gasteiger partial charge in [-0.2, -0.15) is 0 Å². The Morgan fingerprint density at radius 3 is 2.82 bits per heavy atom. The van der Waals surface area contributed by atoms with Gasteiger partial charge in [0.2, 0.25) is 5.91 Å². The van der Waals surface area contributed by atoms with E-state index in [1.807, 2.05) is 25.2 Å². The minimum atomic E-state index is 0.200. The molecule has 1 aliphatic rings. The first-order valence-corrected chi connectivity index (χ1v) is 8.41. The van der Waals surface area contributed by atoms with Crippen molar-refractivity contribution in [3.63, 3.8) is 0 Å². The maximum atomic E-state index is 12.0. The summed E-state index contributed by atoms with van der Waals surface area (Å²) in [5.41, 5.74) is 2.17. The SMILES string of the molecule is Cn1c(CCNC(=O)CC2CCCCC2)nc2ccccc21. The molecule has 1 aromatic carbocycles. The number of rotatable bonds is 5. The van der Waals surface area contributed by atoms with E-state index >= 15 is 0 Å². The maximum Gasteiger partial charge on any atom is 0.220 e. The van der Waals surface area contributed by atoms with E-state index in [-0.39, 0.29) is 5.91 Å². The minimum absolute atomic E-state index is 0.200. The van der Waals surface area contributed by atoms with Crippen LogP contribution in [0.15, 0.2) is 24.3 Å². The van der Waals surface area contributed by atoms with Crippen LogP contribution in [0.25, 0.3) is 11.0 Å². The van der Waals surface area contributed by atoms with E-state index in [4.69, 9.17) is 0 Å². The van der Waals surface area contributed by atoms with Crippen molar-refractivity contribution in [1.29, 1.82) is 0 Å². The number of amides is 1. The summed E-state index contributed by atoms with van der Waals surface area (Å²) in [6.07, 6.45) is 7.83. The largest absolute Gasteiger partial charge is 0.356 e. The zero-order valence-electron chi connectivity index (χ0n) is 13.3. The van der Waals surface area contributed by atoms with Crippen molar-refractivity contribution >= 4 is 16.9 Å². The van der Waals surface area contributed by atoms with Crippen LogP contribution in [-0.2, 0) is 18.3 Å². The number of fused-ring (bicyclic) bond motifs is 1. The Hall–Kier alpha value is -1.84. The maximum absolute atomic E-state index is 12.0. The molecule has 0 spiro atoms. The molecule has 22 heavy (non-hydrogen) atoms. The summed E-state index contributed by atoms with van der Waals surface area (Å²) in [6, 6.07) is 8.14. The molecule has 0 atom stereocenters. The molecule has 4 nitrogen and oxygen atoms in total. The van der Waals surface area contributed by atoms with Gasteiger partial charge in [-0.3, -0.25) is 4.79 Å². The molecule has 1 N–H and O–H groups in total. The van der Waals surface area contributed by atoms with Crippen LogP contribution in [0.4, 0.5) is 0 Å². The lowest BCUT2D eigenvalue weighted by Crippen LogP contribution is -2.28. The molecule has 4 heteroatoms. The molecule has 1 aliphatic carbocycles. The molecule has 1 aromatic heterocycles. The van der Waals surface area contributed by atoms with Gasteiger partial charge < -0.3 is 9.88 Å². The summed E-state index contributed by atoms with van der Waals surface area (Å²) < 4.78 is 2.11. The third-order valence-electron chi connectivity index (χ3n) is 4.75. The number of para-hydroxylation sites is 2. The monoisotopic (exact) mass is 299 g/mol. The van der Waals surface area contributed by atoms with Gasteiger partial charge in [-0.1, -0.05) is 31.4 Å². The van der Waals surface area contributed by atoms with Crippen LogP contribution in [0.3, 0.4) is 0 Å². The fourth-order valence-corrected chi connectivity index (χ4v) is 3.46. The number of hydrogen-bond acceptors (Lipinski definition) is 2. The van der Waals surface area contributed by atoms with Crippen LogP contribution in [0, 0.1) is 5.92 Å². The lowest BCUT2D eigenvalue weighted by Gasteiger charge is -2.20. The van der Waals surface area contributed by atoms with Crippen LogP contribution in [0.1, 0.15) is 44.3 Å². The molecular formula is C18H25N3O. The number of aromatic nitrogens is 2. The Kier molecular flexibility index (Phi) is 4.76. The van der Waals surface area contributed by atoms with E-state index in [1.165, 1.54) is 32.1 Å². The highest BCUT2D eigenvalue weighted by atomic mass is 16.1. The molecule has 0 saturated heterocycles. The number of benzene rings is 1. The van der Waals surface area contributed by atoms with Crippen molar-refractivity contribution in [3.05, 3.63) is 30.1 Å². The van der Waals surface area contributed by atoms with E-state index in [0.717, 1.165) is 23.3 Å². The number of aryl methyl sites for hydroxylation is 1. The smallest absolute Gasteiger partial charge is 0.220 e. The average Bonchev–Trinajstić information content (AvgIpc) is 2.85. The zero-order chi connectivity index (χ0) is 15.4. The number of carbonyl (C=O) groups is 1. The Morgan fingerprint density at radius 2 is 2.05 bits per heavy atom. The van der Waals surface area contributed by atoms with Gasteiger partial charge in [0.25, 0.3) is 0 Å². The molecule has 1 heterocycles. The summed E-state index contributed by atoms with van der Waals surface area (Å²) in [4.78, 5) is 16.7. The van der Waals surface area contributed by atoms with Gasteiger partial charge in [-0.15, -0.1) is 0 Å². The highest BCUT2D eigenvalue weighted by Gasteiger charge is 2.16. The molecular weight excluding hydrogens is 274 g/mol. The van der Waals surface area contributed by atoms with Crippen molar-refractivity contribution in [1.82, 2.24) is 14.9 Å². The fourth-order valence-electron chi connectivity index (χ4n) is 3.46. The van der Waals surface area contributed by atoms with Crippen LogP contribution in [0.2, 0.25) is 0 Å². The lowest BCUT2D eigenvalue weighted by molar-refractivity contribution is -0.122. The molecule has 1 amide bonds. The zero-order valence-corrected chi connectivity index (χ0v) is 13.3. The molecule has 0 aliphatic heterocycles. The van der Waals surface area contributed by atoms with Crippen molar-refractivity contribution in [3.8, 4) is 0 Å². The van der Waals surface area contributed by atoms with Crippen molar-refractivity contribution in [2.75, 3.05) is 6.54 Å². The van der Waals surface area contributed by atoms with Crippen LogP contribution in [0.5, 0.6) is 0 Å². The van der Waals surface area contributed by atoms with Gasteiger partial charge in [0, 0.05) is 26.4 Å². The van der Waals surface area contributed by atoms with Crippen molar-refractivity contribution < 1.29 is 4.79 Å². The molecule has 1 saturated carbocycles. The van der Waals surface area contributed by atoms with E-state index in [9.17, 15) is 4.79 Å². The lowest BCUT2D eigenvalue weighted by atomic mass is 9.87. The highest BCUT2D eigenvalue weighted by molar-refractivity contribution is 5.76. The summed E-state index contributed by atoms with van der Waals surface area (Å²) in [5.74, 6) is 1.83. The van der Waals surface area contributed by atoms with Crippen LogP contribution >= 0.6 is 0 Å². The standard InChI is InChI=1S/C18H25N3O/c1-21-16-10-6-5-9-15(16)20-17(21)11-12-19-18(22)13-14-7-3-2-4-8-14/h5-6,9-10,14H,2-4,7-8,11-13H2,1H3,(H,19,22). The predicted octanol–water partition coefficient (Wildman–Crippen LogP) is 3.20. The molecule has 3 rings (SSSR count). The minimum Gasteiger partial charge on any atom is -0.356 e. The number of nitrogens with zero attached hydrogens (tertiary/aromatic N) is 2. The molecule has 0 bridgehead atoms. The van der Waals surface area contributed by atoms with E-state index in [1.54, 1.807) is 0 Å². The number of imidazole rings is 1. The molecule has 2 aromatic rings. The molecule has 0 unspecified atom stereocenters. The average molecular weight is 299 g/mol. The Morgan fingerprint density at radius 1 is 1.27 bits per heavy atom. The second-order valence-corrected chi connectivity index (χ2v) is 6.38. The van der Waals surface area contributed by atoms with E-state index in [2.05, 4.69) is 20.9 Å². The first-order chi connectivity index (χ1) is 10.7. The normalized spacial score (nSPS) is 16.0. The summed E-state index contributed by atoms with van der Waals surface area (Å²) in [5, 5.41) is 3.06. The second-order valence-electron chi connectivity index (χ2n) is 6.38. The number of carbonyl (C=O) groups excluding carboxylic acids is 1. The Bertz CT molecular complexity index is 641. The van der Waals surface area contributed by atoms with Gasteiger partial charge in [-0.25, -0.2) is 4.98 Å². The number of nitrogens with one attached hydrogen (secondary N) is 1. The van der Waals surface area contributed by atoms with Crippen molar-refractivity contribution in [2.24, 2.45) is 13.0 Å². The quantitative estimate of drug-likeness (QED) is 0.921. The summed E-state index contributed by atoms with van der Waals surface area (Å²) in [6.45, 7) is 0.669. The summed E-state index contributed by atoms with van der Waals surface area (Å²) in [7, 11) is 2.04.